The lowest BCUT2D eigenvalue weighted by atomic mass is 10.2. The minimum Gasteiger partial charge on any atom is -0.372 e. The van der Waals surface area contributed by atoms with Crippen molar-refractivity contribution in [1.82, 2.24) is 0 Å². The number of hydrogen-bond donors (Lipinski definition) is 2. The number of hydrogen-bond acceptors (Lipinski definition) is 2. The number of rotatable bonds is 2. The summed E-state index contributed by atoms with van der Waals surface area (Å²) < 4.78 is 0. The molecule has 4 heteroatoms. The molecule has 0 saturated carbocycles. The first-order chi connectivity index (χ1) is 7.79. The van der Waals surface area contributed by atoms with Gasteiger partial charge in [0, 0.05) is 31.5 Å². The van der Waals surface area contributed by atoms with E-state index in [4.69, 9.17) is 5.73 Å². The lowest BCUT2D eigenvalue weighted by molar-refractivity contribution is 0.949. The lowest BCUT2D eigenvalue weighted by Crippen LogP contribution is -2.22. The molecule has 16 heavy (non-hydrogen) atoms. The summed E-state index contributed by atoms with van der Waals surface area (Å²) >= 11 is 0. The Morgan fingerprint density at radius 3 is 2.44 bits per heavy atom. The number of guanidine groups is 1. The zero-order valence-electron chi connectivity index (χ0n) is 9.61. The maximum atomic E-state index is 5.59. The summed E-state index contributed by atoms with van der Waals surface area (Å²) in [5, 5.41) is 3.02. The van der Waals surface area contributed by atoms with E-state index >= 15 is 0 Å². The van der Waals surface area contributed by atoms with E-state index in [1.165, 1.54) is 31.6 Å². The van der Waals surface area contributed by atoms with Crippen molar-refractivity contribution in [1.29, 1.82) is 0 Å². The highest BCUT2D eigenvalue weighted by Crippen LogP contribution is 2.21. The molecule has 4 nitrogen and oxygen atoms in total. The van der Waals surface area contributed by atoms with Gasteiger partial charge in [0.2, 0.25) is 0 Å². The summed E-state index contributed by atoms with van der Waals surface area (Å²) in [6.45, 7) is 2.34. The first-order valence-corrected chi connectivity index (χ1v) is 5.64. The van der Waals surface area contributed by atoms with Crippen LogP contribution in [0, 0.1) is 0 Å². The minimum absolute atomic E-state index is 0.439. The number of nitrogens with zero attached hydrogens (tertiary/aromatic N) is 2. The second-order valence-electron chi connectivity index (χ2n) is 3.97. The molecule has 0 spiro atoms. The monoisotopic (exact) mass is 218 g/mol. The number of anilines is 2. The van der Waals surface area contributed by atoms with Crippen LogP contribution in [0.2, 0.25) is 0 Å². The third kappa shape index (κ3) is 2.45. The van der Waals surface area contributed by atoms with Gasteiger partial charge < -0.3 is 16.0 Å². The van der Waals surface area contributed by atoms with Crippen LogP contribution in [0.15, 0.2) is 29.3 Å². The molecule has 2 rings (SSSR count). The van der Waals surface area contributed by atoms with Crippen LogP contribution in [0.25, 0.3) is 0 Å². The van der Waals surface area contributed by atoms with Gasteiger partial charge in [0.15, 0.2) is 5.96 Å². The topological polar surface area (TPSA) is 53.6 Å². The van der Waals surface area contributed by atoms with Crippen molar-refractivity contribution in [3.63, 3.8) is 0 Å². The molecular formula is C12H18N4. The maximum absolute atomic E-state index is 5.59. The van der Waals surface area contributed by atoms with Gasteiger partial charge in [-0.15, -0.1) is 0 Å². The van der Waals surface area contributed by atoms with Crippen molar-refractivity contribution in [2.24, 2.45) is 10.7 Å². The zero-order chi connectivity index (χ0) is 11.4. The van der Waals surface area contributed by atoms with Crippen molar-refractivity contribution in [2.45, 2.75) is 12.8 Å². The molecule has 86 valence electrons. The van der Waals surface area contributed by atoms with E-state index in [-0.39, 0.29) is 0 Å². The van der Waals surface area contributed by atoms with E-state index in [0.717, 1.165) is 5.69 Å². The van der Waals surface area contributed by atoms with Gasteiger partial charge in [-0.05, 0) is 37.1 Å². The van der Waals surface area contributed by atoms with Gasteiger partial charge in [0.1, 0.15) is 0 Å². The lowest BCUT2D eigenvalue weighted by Gasteiger charge is -2.17. The van der Waals surface area contributed by atoms with Gasteiger partial charge >= 0.3 is 0 Å². The predicted molar refractivity (Wildman–Crippen MR) is 69.1 cm³/mol. The number of nitrogens with one attached hydrogen (secondary N) is 1. The molecule has 0 radical (unpaired) electrons. The van der Waals surface area contributed by atoms with Crippen molar-refractivity contribution in [3.05, 3.63) is 24.3 Å². The molecule has 1 aromatic carbocycles. The fourth-order valence-corrected chi connectivity index (χ4v) is 1.93. The number of benzene rings is 1. The standard InChI is InChI=1S/C12H18N4/c1-14-12(13)15-10-4-6-11(7-5-10)16-8-2-3-9-16/h4-7H,2-3,8-9H2,1H3,(H3,13,14,15). The second-order valence-corrected chi connectivity index (χ2v) is 3.97. The molecule has 0 aliphatic carbocycles. The van der Waals surface area contributed by atoms with Gasteiger partial charge in [-0.25, -0.2) is 0 Å². The molecule has 0 aromatic heterocycles. The van der Waals surface area contributed by atoms with Crippen LogP contribution < -0.4 is 16.0 Å². The van der Waals surface area contributed by atoms with Crippen molar-refractivity contribution in [3.8, 4) is 0 Å². The highest BCUT2D eigenvalue weighted by atomic mass is 15.1. The summed E-state index contributed by atoms with van der Waals surface area (Å²) in [6.07, 6.45) is 2.60. The molecule has 1 heterocycles. The molecule has 1 aromatic rings. The fraction of sp³-hybridized carbons (Fsp3) is 0.417. The van der Waals surface area contributed by atoms with Crippen LogP contribution in [0.3, 0.4) is 0 Å². The Morgan fingerprint density at radius 1 is 1.25 bits per heavy atom. The quantitative estimate of drug-likeness (QED) is 0.586. The predicted octanol–water partition coefficient (Wildman–Crippen LogP) is 1.64. The maximum Gasteiger partial charge on any atom is 0.192 e. The second kappa shape index (κ2) is 4.88. The molecule has 0 atom stereocenters. The Bertz CT molecular complexity index is 363. The molecule has 0 unspecified atom stereocenters. The smallest absolute Gasteiger partial charge is 0.192 e. The van der Waals surface area contributed by atoms with Gasteiger partial charge in [0.25, 0.3) is 0 Å². The minimum atomic E-state index is 0.439. The summed E-state index contributed by atoms with van der Waals surface area (Å²) in [6, 6.07) is 8.31. The summed E-state index contributed by atoms with van der Waals surface area (Å²) in [5.41, 5.74) is 7.86. The SMILES string of the molecule is CN=C(N)Nc1ccc(N2CCCC2)cc1. The Kier molecular flexibility index (Phi) is 3.29. The van der Waals surface area contributed by atoms with E-state index in [0.29, 0.717) is 5.96 Å². The van der Waals surface area contributed by atoms with Gasteiger partial charge in [-0.3, -0.25) is 4.99 Å². The van der Waals surface area contributed by atoms with E-state index < -0.39 is 0 Å². The van der Waals surface area contributed by atoms with Crippen LogP contribution in [0.4, 0.5) is 11.4 Å². The van der Waals surface area contributed by atoms with Crippen LogP contribution in [0.5, 0.6) is 0 Å². The highest BCUT2D eigenvalue weighted by Gasteiger charge is 2.11. The molecule has 0 bridgehead atoms. The number of nitrogens with two attached hydrogens (primary N) is 1. The molecule has 1 fully saturated rings. The Labute approximate surface area is 96.2 Å². The van der Waals surface area contributed by atoms with Crippen LogP contribution in [-0.2, 0) is 0 Å². The van der Waals surface area contributed by atoms with Crippen molar-refractivity contribution >= 4 is 17.3 Å². The highest BCUT2D eigenvalue weighted by molar-refractivity contribution is 5.92. The van der Waals surface area contributed by atoms with E-state index in [2.05, 4.69) is 27.3 Å². The molecule has 0 amide bonds. The Hall–Kier alpha value is -1.71. The largest absolute Gasteiger partial charge is 0.372 e. The number of aliphatic imine (C=N–C) groups is 1. The van der Waals surface area contributed by atoms with Crippen molar-refractivity contribution < 1.29 is 0 Å². The van der Waals surface area contributed by atoms with Gasteiger partial charge in [0.05, 0.1) is 0 Å². The average Bonchev–Trinajstić information content (AvgIpc) is 2.83. The van der Waals surface area contributed by atoms with E-state index in [1.54, 1.807) is 7.05 Å². The van der Waals surface area contributed by atoms with E-state index in [9.17, 15) is 0 Å². The van der Waals surface area contributed by atoms with Gasteiger partial charge in [-0.1, -0.05) is 0 Å². The molecule has 1 aliphatic heterocycles. The van der Waals surface area contributed by atoms with Crippen LogP contribution in [0.1, 0.15) is 12.8 Å². The molecule has 1 aliphatic rings. The van der Waals surface area contributed by atoms with E-state index in [1.807, 2.05) is 12.1 Å². The fourth-order valence-electron chi connectivity index (χ4n) is 1.93. The normalized spacial score (nSPS) is 16.6. The first kappa shape index (κ1) is 10.8. The molecule has 3 N–H and O–H groups in total. The van der Waals surface area contributed by atoms with Gasteiger partial charge in [-0.2, -0.15) is 0 Å². The molecular weight excluding hydrogens is 200 g/mol. The van der Waals surface area contributed by atoms with Crippen LogP contribution in [-0.4, -0.2) is 26.1 Å². The summed E-state index contributed by atoms with van der Waals surface area (Å²) in [4.78, 5) is 6.26. The third-order valence-corrected chi connectivity index (χ3v) is 2.85. The van der Waals surface area contributed by atoms with Crippen molar-refractivity contribution in [2.75, 3.05) is 30.4 Å². The van der Waals surface area contributed by atoms with Crippen LogP contribution >= 0.6 is 0 Å². The Balaban J connectivity index is 2.04. The Morgan fingerprint density at radius 2 is 1.88 bits per heavy atom. The summed E-state index contributed by atoms with van der Waals surface area (Å²) in [7, 11) is 1.67. The summed E-state index contributed by atoms with van der Waals surface area (Å²) in [5.74, 6) is 0.439. The third-order valence-electron chi connectivity index (χ3n) is 2.85. The zero-order valence-corrected chi connectivity index (χ0v) is 9.61. The average molecular weight is 218 g/mol. The first-order valence-electron chi connectivity index (χ1n) is 5.64. The molecule has 1 saturated heterocycles.